The number of benzene rings is 2. The van der Waals surface area contributed by atoms with Crippen LogP contribution in [0.5, 0.6) is 0 Å². The Labute approximate surface area is 115 Å². The van der Waals surface area contributed by atoms with Crippen LogP contribution >= 0.6 is 23.4 Å². The second kappa shape index (κ2) is 6.23. The number of hydrogen-bond acceptors (Lipinski definition) is 2. The van der Waals surface area contributed by atoms with Gasteiger partial charge in [0.1, 0.15) is 5.82 Å². The van der Waals surface area contributed by atoms with Crippen molar-refractivity contribution >= 4 is 23.4 Å². The average Bonchev–Trinajstić information content (AvgIpc) is 2.33. The molecule has 0 aliphatic heterocycles. The highest BCUT2D eigenvalue weighted by Gasteiger charge is 2.06. The average molecular weight is 282 g/mol. The first-order chi connectivity index (χ1) is 8.69. The van der Waals surface area contributed by atoms with Crippen molar-refractivity contribution in [3.05, 3.63) is 58.9 Å². The molecule has 2 rings (SSSR count). The lowest BCUT2D eigenvalue weighted by molar-refractivity contribution is 0.621. The molecule has 0 aromatic heterocycles. The summed E-state index contributed by atoms with van der Waals surface area (Å²) in [5.74, 6) is -0.212. The molecule has 0 fully saturated rings. The number of hydrogen-bond donors (Lipinski definition) is 1. The van der Waals surface area contributed by atoms with E-state index in [1.54, 1.807) is 23.9 Å². The predicted molar refractivity (Wildman–Crippen MR) is 74.7 cm³/mol. The Morgan fingerprint density at radius 1 is 1.22 bits per heavy atom. The van der Waals surface area contributed by atoms with Crippen molar-refractivity contribution in [2.75, 3.05) is 7.05 Å². The lowest BCUT2D eigenvalue weighted by atomic mass is 10.2. The van der Waals surface area contributed by atoms with E-state index in [0.29, 0.717) is 11.6 Å². The summed E-state index contributed by atoms with van der Waals surface area (Å²) in [6.07, 6.45) is 0. The molecule has 0 saturated carbocycles. The zero-order valence-corrected chi connectivity index (χ0v) is 11.5. The van der Waals surface area contributed by atoms with Crippen molar-refractivity contribution in [2.24, 2.45) is 0 Å². The molecule has 0 radical (unpaired) electrons. The lowest BCUT2D eigenvalue weighted by Crippen LogP contribution is -2.06. The molecule has 0 unspecified atom stereocenters. The minimum atomic E-state index is -0.212. The highest BCUT2D eigenvalue weighted by Crippen LogP contribution is 2.32. The number of rotatable bonds is 4. The van der Waals surface area contributed by atoms with Gasteiger partial charge in [-0.25, -0.2) is 4.39 Å². The topological polar surface area (TPSA) is 12.0 Å². The van der Waals surface area contributed by atoms with E-state index in [1.807, 2.05) is 31.3 Å². The molecule has 0 bridgehead atoms. The van der Waals surface area contributed by atoms with E-state index in [-0.39, 0.29) is 5.82 Å². The molecule has 0 aliphatic carbocycles. The van der Waals surface area contributed by atoms with Gasteiger partial charge in [0.15, 0.2) is 0 Å². The van der Waals surface area contributed by atoms with Crippen molar-refractivity contribution in [3.8, 4) is 0 Å². The summed E-state index contributed by atoms with van der Waals surface area (Å²) in [5.41, 5.74) is 0.947. The smallest absolute Gasteiger partial charge is 0.123 e. The Balaban J connectivity index is 2.28. The van der Waals surface area contributed by atoms with Gasteiger partial charge in [0.2, 0.25) is 0 Å². The fourth-order valence-electron chi connectivity index (χ4n) is 1.63. The summed E-state index contributed by atoms with van der Waals surface area (Å²) in [5, 5.41) is 3.75. The number of nitrogens with one attached hydrogen (secondary N) is 1. The van der Waals surface area contributed by atoms with Crippen LogP contribution in [0.2, 0.25) is 5.02 Å². The first kappa shape index (κ1) is 13.4. The van der Waals surface area contributed by atoms with Crippen LogP contribution < -0.4 is 5.32 Å². The fourth-order valence-corrected chi connectivity index (χ4v) is 2.87. The molecule has 1 N–H and O–H groups in total. The normalized spacial score (nSPS) is 10.6. The van der Waals surface area contributed by atoms with Crippen LogP contribution in [0.4, 0.5) is 4.39 Å². The van der Waals surface area contributed by atoms with E-state index in [0.717, 1.165) is 15.4 Å². The quantitative estimate of drug-likeness (QED) is 0.894. The molecule has 94 valence electrons. The Morgan fingerprint density at radius 2 is 2.06 bits per heavy atom. The van der Waals surface area contributed by atoms with Crippen molar-refractivity contribution in [1.29, 1.82) is 0 Å². The molecule has 4 heteroatoms. The molecule has 0 saturated heterocycles. The van der Waals surface area contributed by atoms with Gasteiger partial charge in [-0.1, -0.05) is 29.4 Å². The standard InChI is InChI=1S/C14H13ClFNS/c1-17-9-10-7-12(16)5-6-14(10)18-13-4-2-3-11(15)8-13/h2-8,17H,9H2,1H3. The van der Waals surface area contributed by atoms with Gasteiger partial charge in [0.25, 0.3) is 0 Å². The maximum absolute atomic E-state index is 13.2. The third-order valence-corrected chi connectivity index (χ3v) is 3.76. The Hall–Kier alpha value is -1.03. The van der Waals surface area contributed by atoms with Crippen molar-refractivity contribution in [2.45, 2.75) is 16.3 Å². The predicted octanol–water partition coefficient (Wildman–Crippen LogP) is 4.35. The van der Waals surface area contributed by atoms with E-state index in [2.05, 4.69) is 5.32 Å². The first-order valence-electron chi connectivity index (χ1n) is 5.55. The summed E-state index contributed by atoms with van der Waals surface area (Å²) in [6.45, 7) is 0.640. The molecule has 0 atom stereocenters. The van der Waals surface area contributed by atoms with E-state index in [1.165, 1.54) is 6.07 Å². The van der Waals surface area contributed by atoms with Crippen LogP contribution in [0.1, 0.15) is 5.56 Å². The van der Waals surface area contributed by atoms with Crippen LogP contribution in [0, 0.1) is 5.82 Å². The van der Waals surface area contributed by atoms with Gasteiger partial charge in [0, 0.05) is 21.4 Å². The molecule has 1 nitrogen and oxygen atoms in total. The molecule has 0 aliphatic rings. The monoisotopic (exact) mass is 281 g/mol. The molecule has 2 aromatic rings. The van der Waals surface area contributed by atoms with Gasteiger partial charge in [-0.3, -0.25) is 0 Å². The SMILES string of the molecule is CNCc1cc(F)ccc1Sc1cccc(Cl)c1. The summed E-state index contributed by atoms with van der Waals surface area (Å²) in [6, 6.07) is 12.5. The van der Waals surface area contributed by atoms with Gasteiger partial charge < -0.3 is 5.32 Å². The summed E-state index contributed by atoms with van der Waals surface area (Å²) >= 11 is 7.54. The Kier molecular flexibility index (Phi) is 4.64. The van der Waals surface area contributed by atoms with E-state index in [9.17, 15) is 4.39 Å². The molecular formula is C14H13ClFNS. The van der Waals surface area contributed by atoms with Crippen molar-refractivity contribution in [3.63, 3.8) is 0 Å². The number of halogens is 2. The van der Waals surface area contributed by atoms with Gasteiger partial charge in [0.05, 0.1) is 0 Å². The van der Waals surface area contributed by atoms with Gasteiger partial charge in [-0.05, 0) is 49.0 Å². The molecular weight excluding hydrogens is 269 g/mol. The maximum atomic E-state index is 13.2. The second-order valence-electron chi connectivity index (χ2n) is 3.84. The zero-order chi connectivity index (χ0) is 13.0. The van der Waals surface area contributed by atoms with E-state index < -0.39 is 0 Å². The van der Waals surface area contributed by atoms with Crippen molar-refractivity contribution < 1.29 is 4.39 Å². The van der Waals surface area contributed by atoms with Crippen LogP contribution in [-0.2, 0) is 6.54 Å². The molecule has 18 heavy (non-hydrogen) atoms. The van der Waals surface area contributed by atoms with Crippen LogP contribution in [0.25, 0.3) is 0 Å². The molecule has 0 spiro atoms. The van der Waals surface area contributed by atoms with Gasteiger partial charge in [-0.15, -0.1) is 0 Å². The minimum absolute atomic E-state index is 0.212. The van der Waals surface area contributed by atoms with Crippen molar-refractivity contribution in [1.82, 2.24) is 5.32 Å². The molecule has 2 aromatic carbocycles. The van der Waals surface area contributed by atoms with Gasteiger partial charge >= 0.3 is 0 Å². The Morgan fingerprint density at radius 3 is 2.78 bits per heavy atom. The minimum Gasteiger partial charge on any atom is -0.316 e. The highest BCUT2D eigenvalue weighted by atomic mass is 35.5. The fraction of sp³-hybridized carbons (Fsp3) is 0.143. The van der Waals surface area contributed by atoms with Gasteiger partial charge in [-0.2, -0.15) is 0 Å². The third kappa shape index (κ3) is 3.48. The molecule has 0 heterocycles. The van der Waals surface area contributed by atoms with E-state index >= 15 is 0 Å². The Bertz CT molecular complexity index is 545. The highest BCUT2D eigenvalue weighted by molar-refractivity contribution is 7.99. The summed E-state index contributed by atoms with van der Waals surface area (Å²) < 4.78 is 13.2. The molecule has 0 amide bonds. The third-order valence-electron chi connectivity index (χ3n) is 2.41. The zero-order valence-electron chi connectivity index (χ0n) is 9.91. The first-order valence-corrected chi connectivity index (χ1v) is 6.75. The lowest BCUT2D eigenvalue weighted by Gasteiger charge is -2.09. The summed E-state index contributed by atoms with van der Waals surface area (Å²) in [4.78, 5) is 2.08. The van der Waals surface area contributed by atoms with Crippen LogP contribution in [-0.4, -0.2) is 7.05 Å². The van der Waals surface area contributed by atoms with E-state index in [4.69, 9.17) is 11.6 Å². The van der Waals surface area contributed by atoms with Crippen LogP contribution in [0.15, 0.2) is 52.3 Å². The van der Waals surface area contributed by atoms with Crippen LogP contribution in [0.3, 0.4) is 0 Å². The largest absolute Gasteiger partial charge is 0.316 e. The summed E-state index contributed by atoms with van der Waals surface area (Å²) in [7, 11) is 1.85. The second-order valence-corrected chi connectivity index (χ2v) is 5.39. The maximum Gasteiger partial charge on any atom is 0.123 e.